The lowest BCUT2D eigenvalue weighted by atomic mass is 10.1. The van der Waals surface area contributed by atoms with Gasteiger partial charge in [0.2, 0.25) is 0 Å². The molecule has 0 aliphatic heterocycles. The number of anilines is 1. The maximum absolute atomic E-state index is 13.5. The van der Waals surface area contributed by atoms with E-state index in [4.69, 9.17) is 11.6 Å². The Balaban J connectivity index is 2.18. The Morgan fingerprint density at radius 1 is 1.03 bits per heavy atom. The Kier molecular flexibility index (Phi) is 6.38. The molecule has 0 aliphatic carbocycles. The smallest absolute Gasteiger partial charge is 0.373 e. The van der Waals surface area contributed by atoms with Gasteiger partial charge in [0.15, 0.2) is 0 Å². The van der Waals surface area contributed by atoms with Gasteiger partial charge in [0.25, 0.3) is 5.56 Å². The molecular weight excluding hydrogens is 417 g/mol. The SMILES string of the molecule is CN(C)CCN(C)c1cccc2nc(CCl)n(-c3ccc(C(F)(F)F)cc3)c(=O)c12. The number of aromatic nitrogens is 2. The van der Waals surface area contributed by atoms with Gasteiger partial charge in [-0.2, -0.15) is 13.2 Å². The van der Waals surface area contributed by atoms with Crippen molar-refractivity contribution in [3.63, 3.8) is 0 Å². The first-order valence-electron chi connectivity index (χ1n) is 9.27. The first-order chi connectivity index (χ1) is 14.1. The van der Waals surface area contributed by atoms with Gasteiger partial charge in [-0.1, -0.05) is 6.07 Å². The van der Waals surface area contributed by atoms with E-state index < -0.39 is 11.7 Å². The van der Waals surface area contributed by atoms with E-state index in [1.165, 1.54) is 16.7 Å². The van der Waals surface area contributed by atoms with Crippen molar-refractivity contribution >= 4 is 28.2 Å². The molecule has 0 saturated carbocycles. The van der Waals surface area contributed by atoms with Crippen molar-refractivity contribution in [3.05, 3.63) is 64.2 Å². The highest BCUT2D eigenvalue weighted by Gasteiger charge is 2.30. The average Bonchev–Trinajstić information content (AvgIpc) is 2.70. The lowest BCUT2D eigenvalue weighted by molar-refractivity contribution is -0.137. The Hall–Kier alpha value is -2.58. The molecule has 0 aliphatic rings. The molecule has 2 aromatic carbocycles. The molecule has 3 aromatic rings. The van der Waals surface area contributed by atoms with Crippen molar-refractivity contribution < 1.29 is 13.2 Å². The number of rotatable bonds is 6. The third-order valence-electron chi connectivity index (χ3n) is 4.81. The van der Waals surface area contributed by atoms with Crippen LogP contribution in [-0.4, -0.2) is 48.7 Å². The van der Waals surface area contributed by atoms with Gasteiger partial charge in [-0.05, 0) is 50.5 Å². The highest BCUT2D eigenvalue weighted by molar-refractivity contribution is 6.16. The molecule has 0 atom stereocenters. The van der Waals surface area contributed by atoms with Gasteiger partial charge in [-0.25, -0.2) is 4.98 Å². The summed E-state index contributed by atoms with van der Waals surface area (Å²) >= 11 is 6.03. The van der Waals surface area contributed by atoms with Crippen LogP contribution in [-0.2, 0) is 12.1 Å². The zero-order valence-corrected chi connectivity index (χ0v) is 17.6. The molecule has 0 amide bonds. The summed E-state index contributed by atoms with van der Waals surface area (Å²) in [5, 5.41) is 0.396. The number of fused-ring (bicyclic) bond motifs is 1. The fourth-order valence-electron chi connectivity index (χ4n) is 3.20. The molecular formula is C21H22ClF3N4O. The fraction of sp³-hybridized carbons (Fsp3) is 0.333. The monoisotopic (exact) mass is 438 g/mol. The zero-order valence-electron chi connectivity index (χ0n) is 16.9. The van der Waals surface area contributed by atoms with Crippen molar-refractivity contribution in [1.29, 1.82) is 0 Å². The van der Waals surface area contributed by atoms with Gasteiger partial charge in [0.05, 0.1) is 33.7 Å². The molecule has 0 spiro atoms. The van der Waals surface area contributed by atoms with Crippen LogP contribution in [0.5, 0.6) is 0 Å². The molecule has 3 rings (SSSR count). The molecule has 1 heterocycles. The highest BCUT2D eigenvalue weighted by Crippen LogP contribution is 2.30. The van der Waals surface area contributed by atoms with E-state index in [-0.39, 0.29) is 23.0 Å². The van der Waals surface area contributed by atoms with Crippen LogP contribution in [0, 0.1) is 0 Å². The number of nitrogens with zero attached hydrogens (tertiary/aromatic N) is 4. The number of hydrogen-bond acceptors (Lipinski definition) is 4. The summed E-state index contributed by atoms with van der Waals surface area (Å²) in [7, 11) is 5.81. The maximum Gasteiger partial charge on any atom is 0.416 e. The topological polar surface area (TPSA) is 41.4 Å². The molecule has 160 valence electrons. The third kappa shape index (κ3) is 4.44. The zero-order chi connectivity index (χ0) is 22.1. The van der Waals surface area contributed by atoms with Crippen LogP contribution < -0.4 is 10.5 Å². The van der Waals surface area contributed by atoms with Crippen LogP contribution in [0.1, 0.15) is 11.4 Å². The van der Waals surface area contributed by atoms with E-state index in [1.54, 1.807) is 6.07 Å². The van der Waals surface area contributed by atoms with Crippen LogP contribution in [0.15, 0.2) is 47.3 Å². The molecule has 0 N–H and O–H groups in total. The first-order valence-corrected chi connectivity index (χ1v) is 9.81. The standard InChI is InChI=1S/C21H22ClF3N4O/c1-27(2)11-12-28(3)17-6-4-5-16-19(17)20(30)29(18(13-22)26-16)15-9-7-14(8-10-15)21(23,24)25/h4-10H,11-13H2,1-3H3. The lowest BCUT2D eigenvalue weighted by Gasteiger charge is -2.23. The predicted octanol–water partition coefficient (Wildman–Crippen LogP) is 4.14. The summed E-state index contributed by atoms with van der Waals surface area (Å²) in [6.45, 7) is 1.47. The summed E-state index contributed by atoms with van der Waals surface area (Å²) in [4.78, 5) is 22.0. The quantitative estimate of drug-likeness (QED) is 0.542. The van der Waals surface area contributed by atoms with Crippen LogP contribution in [0.25, 0.3) is 16.6 Å². The maximum atomic E-state index is 13.5. The molecule has 5 nitrogen and oxygen atoms in total. The van der Waals surface area contributed by atoms with E-state index in [0.29, 0.717) is 23.1 Å². The Bertz CT molecular complexity index is 1090. The highest BCUT2D eigenvalue weighted by atomic mass is 35.5. The number of hydrogen-bond donors (Lipinski definition) is 0. The minimum Gasteiger partial charge on any atom is -0.373 e. The minimum atomic E-state index is -4.46. The Morgan fingerprint density at radius 3 is 2.27 bits per heavy atom. The van der Waals surface area contributed by atoms with Crippen LogP contribution in [0.3, 0.4) is 0 Å². The van der Waals surface area contributed by atoms with Gasteiger partial charge in [-0.3, -0.25) is 9.36 Å². The second kappa shape index (κ2) is 8.65. The largest absolute Gasteiger partial charge is 0.416 e. The van der Waals surface area contributed by atoms with Crippen molar-refractivity contribution in [2.75, 3.05) is 39.1 Å². The average molecular weight is 439 g/mol. The van der Waals surface area contributed by atoms with Gasteiger partial charge < -0.3 is 9.80 Å². The van der Waals surface area contributed by atoms with Crippen LogP contribution >= 0.6 is 11.6 Å². The van der Waals surface area contributed by atoms with Crippen molar-refractivity contribution in [3.8, 4) is 5.69 Å². The summed E-state index contributed by atoms with van der Waals surface area (Å²) < 4.78 is 40.0. The van der Waals surface area contributed by atoms with E-state index in [2.05, 4.69) is 4.98 Å². The molecule has 1 aromatic heterocycles. The summed E-state index contributed by atoms with van der Waals surface area (Å²) in [5.41, 5.74) is 0.317. The van der Waals surface area contributed by atoms with E-state index in [1.807, 2.05) is 43.1 Å². The lowest BCUT2D eigenvalue weighted by Crippen LogP contribution is -2.30. The summed E-state index contributed by atoms with van der Waals surface area (Å²) in [6, 6.07) is 9.78. The molecule has 9 heteroatoms. The van der Waals surface area contributed by atoms with Crippen LogP contribution in [0.4, 0.5) is 18.9 Å². The second-order valence-electron chi connectivity index (χ2n) is 7.24. The molecule has 0 saturated heterocycles. The number of halogens is 4. The van der Waals surface area contributed by atoms with Gasteiger partial charge in [-0.15, -0.1) is 11.6 Å². The Labute approximate surface area is 177 Å². The molecule has 0 bridgehead atoms. The molecule has 0 unspecified atom stereocenters. The van der Waals surface area contributed by atoms with Crippen LogP contribution in [0.2, 0.25) is 0 Å². The minimum absolute atomic E-state index is 0.0626. The number of benzene rings is 2. The second-order valence-corrected chi connectivity index (χ2v) is 7.51. The molecule has 0 radical (unpaired) electrons. The van der Waals surface area contributed by atoms with Gasteiger partial charge in [0.1, 0.15) is 5.82 Å². The van der Waals surface area contributed by atoms with Gasteiger partial charge >= 0.3 is 6.18 Å². The molecule has 0 fully saturated rings. The molecule has 30 heavy (non-hydrogen) atoms. The van der Waals surface area contributed by atoms with Gasteiger partial charge in [0, 0.05) is 20.1 Å². The van der Waals surface area contributed by atoms with E-state index in [9.17, 15) is 18.0 Å². The number of alkyl halides is 4. The normalized spacial score (nSPS) is 12.0. The summed E-state index contributed by atoms with van der Waals surface area (Å²) in [5.74, 6) is 0.203. The summed E-state index contributed by atoms with van der Waals surface area (Å²) in [6.07, 6.45) is -4.46. The van der Waals surface area contributed by atoms with Crippen molar-refractivity contribution in [2.24, 2.45) is 0 Å². The predicted molar refractivity (Wildman–Crippen MR) is 114 cm³/mol. The van der Waals surface area contributed by atoms with Crippen molar-refractivity contribution in [2.45, 2.75) is 12.1 Å². The van der Waals surface area contributed by atoms with E-state index >= 15 is 0 Å². The first kappa shape index (κ1) is 22.1. The number of likely N-dealkylation sites (N-methyl/N-ethyl adjacent to an activating group) is 2. The Morgan fingerprint density at radius 2 is 1.70 bits per heavy atom. The van der Waals surface area contributed by atoms with Crippen molar-refractivity contribution in [1.82, 2.24) is 14.5 Å². The third-order valence-corrected chi connectivity index (χ3v) is 5.05. The van der Waals surface area contributed by atoms with E-state index in [0.717, 1.165) is 18.7 Å². The fourth-order valence-corrected chi connectivity index (χ4v) is 3.38.